The minimum Gasteiger partial charge on any atom is -0.494 e. The number of fused-ring (bicyclic) bond motifs is 1. The lowest BCUT2D eigenvalue weighted by Crippen LogP contribution is -2.28. The number of benzene rings is 1. The van der Waals surface area contributed by atoms with Crippen molar-refractivity contribution in [1.82, 2.24) is 9.88 Å². The Kier molecular flexibility index (Phi) is 4.19. The maximum Gasteiger partial charge on any atom is 0.160 e. The van der Waals surface area contributed by atoms with E-state index in [1.165, 1.54) is 5.56 Å². The van der Waals surface area contributed by atoms with E-state index in [1.54, 1.807) is 0 Å². The first-order chi connectivity index (χ1) is 11.8. The number of aliphatic imine (C=N–C) groups is 1. The highest BCUT2D eigenvalue weighted by molar-refractivity contribution is 8.14. The molecule has 5 heteroatoms. The highest BCUT2D eigenvalue weighted by Crippen LogP contribution is 2.47. The quantitative estimate of drug-likeness (QED) is 0.841. The van der Waals surface area contributed by atoms with E-state index >= 15 is 0 Å². The minimum absolute atomic E-state index is 0.0548. The molecule has 0 saturated carbocycles. The summed E-state index contributed by atoms with van der Waals surface area (Å²) >= 11 is 1.87. The van der Waals surface area contributed by atoms with Crippen LogP contribution >= 0.6 is 11.8 Å². The maximum atomic E-state index is 5.58. The molecule has 1 fully saturated rings. The van der Waals surface area contributed by atoms with Gasteiger partial charge in [0.1, 0.15) is 11.8 Å². The average Bonchev–Trinajstić information content (AvgIpc) is 3.13. The van der Waals surface area contributed by atoms with Gasteiger partial charge in [-0.15, -0.1) is 0 Å². The number of hydrogen-bond donors (Lipinski definition) is 0. The van der Waals surface area contributed by atoms with Crippen molar-refractivity contribution < 1.29 is 4.74 Å². The number of amidine groups is 1. The van der Waals surface area contributed by atoms with Crippen molar-refractivity contribution in [1.29, 1.82) is 0 Å². The first kappa shape index (κ1) is 15.5. The Hall–Kier alpha value is -2.01. The molecule has 1 saturated heterocycles. The second-order valence-electron chi connectivity index (χ2n) is 6.14. The van der Waals surface area contributed by atoms with Crippen LogP contribution in [0.5, 0.6) is 5.75 Å². The van der Waals surface area contributed by atoms with Crippen molar-refractivity contribution >= 4 is 16.9 Å². The summed E-state index contributed by atoms with van der Waals surface area (Å²) < 4.78 is 5.58. The number of nitrogens with zero attached hydrogens (tertiary/aromatic N) is 3. The zero-order valence-electron chi connectivity index (χ0n) is 13.9. The fourth-order valence-electron chi connectivity index (χ4n) is 3.41. The molecule has 4 nitrogen and oxygen atoms in total. The first-order valence-corrected chi connectivity index (χ1v) is 9.29. The molecule has 24 heavy (non-hydrogen) atoms. The van der Waals surface area contributed by atoms with E-state index in [4.69, 9.17) is 9.73 Å². The van der Waals surface area contributed by atoms with Gasteiger partial charge in [0.05, 0.1) is 18.3 Å². The highest BCUT2D eigenvalue weighted by Gasteiger charge is 2.43. The van der Waals surface area contributed by atoms with E-state index in [0.717, 1.165) is 23.2 Å². The van der Waals surface area contributed by atoms with Crippen LogP contribution in [-0.4, -0.2) is 33.5 Å². The predicted octanol–water partition coefficient (Wildman–Crippen LogP) is 4.07. The Bertz CT molecular complexity index is 732. The number of aromatic nitrogens is 1. The number of ether oxygens (including phenoxy) is 1. The van der Waals surface area contributed by atoms with Crippen LogP contribution in [0.4, 0.5) is 0 Å². The third-order valence-corrected chi connectivity index (χ3v) is 5.52. The van der Waals surface area contributed by atoms with Crippen LogP contribution in [0, 0.1) is 0 Å². The molecule has 1 aromatic heterocycles. The van der Waals surface area contributed by atoms with E-state index in [-0.39, 0.29) is 12.1 Å². The molecule has 0 unspecified atom stereocenters. The number of thioether (sulfide) groups is 1. The summed E-state index contributed by atoms with van der Waals surface area (Å²) in [6.45, 7) is 5.99. The molecule has 2 aliphatic rings. The normalized spacial score (nSPS) is 25.5. The van der Waals surface area contributed by atoms with Crippen LogP contribution in [-0.2, 0) is 0 Å². The molecule has 124 valence electrons. The fraction of sp³-hybridized carbons (Fsp3) is 0.368. The van der Waals surface area contributed by atoms with Crippen LogP contribution in [0.25, 0.3) is 0 Å². The largest absolute Gasteiger partial charge is 0.494 e. The van der Waals surface area contributed by atoms with Gasteiger partial charge >= 0.3 is 0 Å². The monoisotopic (exact) mass is 339 g/mol. The number of hydrogen-bond acceptors (Lipinski definition) is 5. The standard InChI is InChI=1S/C19H21N3OS/c1-3-23-15-9-7-14(8-10-15)18-17(16-6-4-5-11-20-16)21-19-22(18)12-13(2)24-19/h4-11,13,17-18H,3,12H2,1-2H3/t13-,17-,18-/m1/s1. The van der Waals surface area contributed by atoms with Gasteiger partial charge in [0, 0.05) is 18.0 Å². The molecule has 4 rings (SSSR count). The minimum atomic E-state index is 0.0548. The number of rotatable bonds is 4. The fourth-order valence-corrected chi connectivity index (χ4v) is 4.50. The van der Waals surface area contributed by atoms with Crippen LogP contribution in [0.3, 0.4) is 0 Å². The van der Waals surface area contributed by atoms with Crippen LogP contribution in [0.2, 0.25) is 0 Å². The van der Waals surface area contributed by atoms with Gasteiger partial charge in [-0.2, -0.15) is 0 Å². The second kappa shape index (κ2) is 6.48. The van der Waals surface area contributed by atoms with Crippen LogP contribution < -0.4 is 4.74 Å². The summed E-state index contributed by atoms with van der Waals surface area (Å²) in [5.41, 5.74) is 2.30. The molecule has 0 amide bonds. The lowest BCUT2D eigenvalue weighted by atomic mass is 9.96. The molecule has 2 aliphatic heterocycles. The highest BCUT2D eigenvalue weighted by atomic mass is 32.2. The molecular formula is C19H21N3OS. The van der Waals surface area contributed by atoms with Gasteiger partial charge in [-0.1, -0.05) is 36.9 Å². The van der Waals surface area contributed by atoms with E-state index in [1.807, 2.05) is 37.0 Å². The second-order valence-corrected chi connectivity index (χ2v) is 7.54. The lowest BCUT2D eigenvalue weighted by Gasteiger charge is -2.27. The van der Waals surface area contributed by atoms with Gasteiger partial charge in [-0.05, 0) is 36.8 Å². The molecule has 0 radical (unpaired) electrons. The third kappa shape index (κ3) is 2.77. The zero-order chi connectivity index (χ0) is 16.5. The van der Waals surface area contributed by atoms with E-state index in [2.05, 4.69) is 47.1 Å². The van der Waals surface area contributed by atoms with Crippen LogP contribution in [0.15, 0.2) is 53.7 Å². The van der Waals surface area contributed by atoms with Crippen molar-refractivity contribution in [3.63, 3.8) is 0 Å². The first-order valence-electron chi connectivity index (χ1n) is 8.41. The molecule has 2 aromatic rings. The summed E-state index contributed by atoms with van der Waals surface area (Å²) in [7, 11) is 0. The topological polar surface area (TPSA) is 37.7 Å². The van der Waals surface area contributed by atoms with Crippen LogP contribution in [0.1, 0.15) is 37.2 Å². The molecule has 1 aromatic carbocycles. The van der Waals surface area contributed by atoms with Gasteiger partial charge in [0.25, 0.3) is 0 Å². The van der Waals surface area contributed by atoms with Crippen molar-refractivity contribution in [3.05, 3.63) is 59.9 Å². The van der Waals surface area contributed by atoms with Gasteiger partial charge in [0.15, 0.2) is 5.17 Å². The molecule has 0 N–H and O–H groups in total. The van der Waals surface area contributed by atoms with Gasteiger partial charge in [-0.3, -0.25) is 9.98 Å². The van der Waals surface area contributed by atoms with Gasteiger partial charge in [0.2, 0.25) is 0 Å². The predicted molar refractivity (Wildman–Crippen MR) is 98.5 cm³/mol. The Morgan fingerprint density at radius 3 is 2.75 bits per heavy atom. The summed E-state index contributed by atoms with van der Waals surface area (Å²) in [5.74, 6) is 0.916. The lowest BCUT2D eigenvalue weighted by molar-refractivity contribution is 0.319. The van der Waals surface area contributed by atoms with Crippen molar-refractivity contribution in [2.24, 2.45) is 4.99 Å². The molecule has 0 spiro atoms. The zero-order valence-corrected chi connectivity index (χ0v) is 14.7. The van der Waals surface area contributed by atoms with Crippen molar-refractivity contribution in [2.45, 2.75) is 31.2 Å². The van der Waals surface area contributed by atoms with E-state index in [0.29, 0.717) is 11.9 Å². The molecule has 0 bridgehead atoms. The molecule has 0 aliphatic carbocycles. The Labute approximate surface area is 147 Å². The molecule has 3 atom stereocenters. The SMILES string of the molecule is CCOc1ccc([C@@H]2[C@@H](c3ccccn3)N=C3S[C@H](C)CN32)cc1. The van der Waals surface area contributed by atoms with Gasteiger partial charge < -0.3 is 9.64 Å². The number of pyridine rings is 1. The Morgan fingerprint density at radius 2 is 2.04 bits per heavy atom. The van der Waals surface area contributed by atoms with Crippen molar-refractivity contribution in [2.75, 3.05) is 13.2 Å². The summed E-state index contributed by atoms with van der Waals surface area (Å²) in [6.07, 6.45) is 1.85. The van der Waals surface area contributed by atoms with Crippen molar-refractivity contribution in [3.8, 4) is 5.75 Å². The third-order valence-electron chi connectivity index (χ3n) is 4.41. The Balaban J connectivity index is 1.70. The van der Waals surface area contributed by atoms with E-state index in [9.17, 15) is 0 Å². The van der Waals surface area contributed by atoms with E-state index < -0.39 is 0 Å². The summed E-state index contributed by atoms with van der Waals surface area (Å²) in [5, 5.41) is 1.73. The average molecular weight is 339 g/mol. The Morgan fingerprint density at radius 1 is 1.21 bits per heavy atom. The smallest absolute Gasteiger partial charge is 0.160 e. The van der Waals surface area contributed by atoms with Gasteiger partial charge in [-0.25, -0.2) is 0 Å². The molecular weight excluding hydrogens is 318 g/mol. The molecule has 3 heterocycles. The summed E-state index contributed by atoms with van der Waals surface area (Å²) in [4.78, 5) is 12.0. The summed E-state index contributed by atoms with van der Waals surface area (Å²) in [6, 6.07) is 14.8. The maximum absolute atomic E-state index is 5.58.